The predicted octanol–water partition coefficient (Wildman–Crippen LogP) is 3.14. The monoisotopic (exact) mass is 262 g/mol. The fourth-order valence-electron chi connectivity index (χ4n) is 1.73. The van der Waals surface area contributed by atoms with E-state index in [1.165, 1.54) is 0 Å². The Morgan fingerprint density at radius 2 is 1.90 bits per heavy atom. The Bertz CT molecular complexity index is 725. The number of pyridine rings is 1. The molecule has 0 saturated carbocycles. The van der Waals surface area contributed by atoms with E-state index in [9.17, 15) is 0 Å². The third-order valence-electron chi connectivity index (χ3n) is 2.75. The Balaban J connectivity index is 1.76. The van der Waals surface area contributed by atoms with Crippen LogP contribution in [-0.4, -0.2) is 15.2 Å². The lowest BCUT2D eigenvalue weighted by Gasteiger charge is -2.05. The molecular formula is C15H10N4O. The molecule has 0 fully saturated rings. The van der Waals surface area contributed by atoms with Crippen LogP contribution < -0.4 is 4.74 Å². The Kier molecular flexibility index (Phi) is 3.13. The molecule has 2 aromatic heterocycles. The first-order valence-electron chi connectivity index (χ1n) is 5.99. The highest BCUT2D eigenvalue weighted by Gasteiger charge is 2.02. The van der Waals surface area contributed by atoms with E-state index in [2.05, 4.69) is 21.3 Å². The van der Waals surface area contributed by atoms with E-state index >= 15 is 0 Å². The summed E-state index contributed by atoms with van der Waals surface area (Å²) in [5, 5.41) is 15.5. The van der Waals surface area contributed by atoms with Crippen molar-refractivity contribution in [1.82, 2.24) is 15.2 Å². The number of nitrogens with one attached hydrogen (secondary N) is 1. The second-order valence-electron chi connectivity index (χ2n) is 4.09. The van der Waals surface area contributed by atoms with Crippen LogP contribution in [0.4, 0.5) is 0 Å². The Morgan fingerprint density at radius 1 is 1.05 bits per heavy atom. The van der Waals surface area contributed by atoms with Crippen molar-refractivity contribution in [2.24, 2.45) is 0 Å². The van der Waals surface area contributed by atoms with E-state index in [0.717, 1.165) is 11.3 Å². The SMILES string of the molecule is N#Cc1ccc(Oc2ccc(-c3ccn[nH]3)cn2)cc1. The number of hydrogen-bond acceptors (Lipinski definition) is 4. The summed E-state index contributed by atoms with van der Waals surface area (Å²) in [4.78, 5) is 4.24. The van der Waals surface area contributed by atoms with Gasteiger partial charge in [-0.25, -0.2) is 4.98 Å². The smallest absolute Gasteiger partial charge is 0.219 e. The van der Waals surface area contributed by atoms with Gasteiger partial charge in [-0.15, -0.1) is 0 Å². The fourth-order valence-corrected chi connectivity index (χ4v) is 1.73. The average molecular weight is 262 g/mol. The first-order valence-corrected chi connectivity index (χ1v) is 5.99. The van der Waals surface area contributed by atoms with Gasteiger partial charge in [0.2, 0.25) is 5.88 Å². The van der Waals surface area contributed by atoms with Crippen LogP contribution in [0.25, 0.3) is 11.3 Å². The molecule has 0 spiro atoms. The lowest BCUT2D eigenvalue weighted by Crippen LogP contribution is -1.88. The lowest BCUT2D eigenvalue weighted by atomic mass is 10.2. The molecule has 0 aliphatic carbocycles. The molecule has 5 nitrogen and oxygen atoms in total. The van der Waals surface area contributed by atoms with Gasteiger partial charge in [0.05, 0.1) is 17.3 Å². The summed E-state index contributed by atoms with van der Waals surface area (Å²) in [5.74, 6) is 1.14. The van der Waals surface area contributed by atoms with Crippen LogP contribution >= 0.6 is 0 Å². The normalized spacial score (nSPS) is 9.95. The molecule has 20 heavy (non-hydrogen) atoms. The van der Waals surface area contributed by atoms with E-state index in [4.69, 9.17) is 10.00 Å². The summed E-state index contributed by atoms with van der Waals surface area (Å²) in [7, 11) is 0. The largest absolute Gasteiger partial charge is 0.439 e. The fraction of sp³-hybridized carbons (Fsp3) is 0. The van der Waals surface area contributed by atoms with Gasteiger partial charge in [0, 0.05) is 24.0 Å². The maximum absolute atomic E-state index is 8.73. The van der Waals surface area contributed by atoms with Crippen molar-refractivity contribution in [3.05, 3.63) is 60.4 Å². The van der Waals surface area contributed by atoms with Crippen LogP contribution in [0.1, 0.15) is 5.56 Å². The second kappa shape index (κ2) is 5.24. The quantitative estimate of drug-likeness (QED) is 0.786. The topological polar surface area (TPSA) is 74.6 Å². The van der Waals surface area contributed by atoms with Gasteiger partial charge in [-0.2, -0.15) is 10.4 Å². The number of H-pyrrole nitrogens is 1. The Morgan fingerprint density at radius 3 is 2.50 bits per heavy atom. The third-order valence-corrected chi connectivity index (χ3v) is 2.75. The highest BCUT2D eigenvalue weighted by atomic mass is 16.5. The van der Waals surface area contributed by atoms with Gasteiger partial charge in [0.25, 0.3) is 0 Å². The number of benzene rings is 1. The minimum atomic E-state index is 0.498. The van der Waals surface area contributed by atoms with Gasteiger partial charge in [0.15, 0.2) is 0 Å². The molecule has 3 aromatic rings. The zero-order valence-corrected chi connectivity index (χ0v) is 10.4. The molecule has 0 aliphatic rings. The van der Waals surface area contributed by atoms with E-state index in [1.807, 2.05) is 12.1 Å². The highest BCUT2D eigenvalue weighted by Crippen LogP contribution is 2.22. The number of aromatic amines is 1. The Labute approximate surface area is 115 Å². The van der Waals surface area contributed by atoms with E-state index in [1.54, 1.807) is 42.7 Å². The molecule has 0 atom stereocenters. The third kappa shape index (κ3) is 2.49. The molecule has 3 rings (SSSR count). The van der Waals surface area contributed by atoms with Crippen LogP contribution in [0.5, 0.6) is 11.6 Å². The average Bonchev–Trinajstić information content (AvgIpc) is 3.03. The molecule has 0 radical (unpaired) electrons. The molecule has 96 valence electrons. The maximum Gasteiger partial charge on any atom is 0.219 e. The van der Waals surface area contributed by atoms with Crippen molar-refractivity contribution in [1.29, 1.82) is 5.26 Å². The number of nitrogens with zero attached hydrogens (tertiary/aromatic N) is 3. The molecule has 0 saturated heterocycles. The minimum absolute atomic E-state index is 0.498. The Hall–Kier alpha value is -3.13. The summed E-state index contributed by atoms with van der Waals surface area (Å²) in [6, 6.07) is 14.5. The minimum Gasteiger partial charge on any atom is -0.439 e. The number of aromatic nitrogens is 3. The van der Waals surface area contributed by atoms with Gasteiger partial charge in [-0.1, -0.05) is 0 Å². The molecule has 2 heterocycles. The molecule has 1 N–H and O–H groups in total. The van der Waals surface area contributed by atoms with Crippen molar-refractivity contribution in [3.8, 4) is 29.0 Å². The van der Waals surface area contributed by atoms with Crippen molar-refractivity contribution < 1.29 is 4.74 Å². The van der Waals surface area contributed by atoms with Crippen molar-refractivity contribution in [2.75, 3.05) is 0 Å². The number of rotatable bonds is 3. The predicted molar refractivity (Wildman–Crippen MR) is 73.0 cm³/mol. The summed E-state index contributed by atoms with van der Waals surface area (Å²) in [5.41, 5.74) is 2.44. The van der Waals surface area contributed by atoms with Crippen LogP contribution in [0.15, 0.2) is 54.9 Å². The van der Waals surface area contributed by atoms with Gasteiger partial charge < -0.3 is 4.74 Å². The van der Waals surface area contributed by atoms with E-state index < -0.39 is 0 Å². The van der Waals surface area contributed by atoms with Gasteiger partial charge in [-0.05, 0) is 36.4 Å². The molecular weight excluding hydrogens is 252 g/mol. The standard InChI is InChI=1S/C15H10N4O/c16-9-11-1-4-13(5-2-11)20-15-6-3-12(10-17-15)14-7-8-18-19-14/h1-8,10H,(H,18,19). The van der Waals surface area contributed by atoms with Crippen molar-refractivity contribution >= 4 is 0 Å². The van der Waals surface area contributed by atoms with Gasteiger partial charge in [0.1, 0.15) is 5.75 Å². The molecule has 0 aliphatic heterocycles. The number of nitriles is 1. The zero-order chi connectivity index (χ0) is 13.8. The first kappa shape index (κ1) is 11.9. The summed E-state index contributed by atoms with van der Waals surface area (Å²) in [6.07, 6.45) is 3.41. The number of hydrogen-bond donors (Lipinski definition) is 1. The van der Waals surface area contributed by atoms with E-state index in [-0.39, 0.29) is 0 Å². The van der Waals surface area contributed by atoms with E-state index in [0.29, 0.717) is 17.2 Å². The first-order chi connectivity index (χ1) is 9.85. The molecule has 0 bridgehead atoms. The molecule has 1 aromatic carbocycles. The van der Waals surface area contributed by atoms with Gasteiger partial charge in [-0.3, -0.25) is 5.10 Å². The maximum atomic E-state index is 8.73. The molecule has 0 amide bonds. The number of ether oxygens (including phenoxy) is 1. The summed E-state index contributed by atoms with van der Waals surface area (Å²) >= 11 is 0. The van der Waals surface area contributed by atoms with Crippen LogP contribution in [0.2, 0.25) is 0 Å². The van der Waals surface area contributed by atoms with Crippen LogP contribution in [0.3, 0.4) is 0 Å². The van der Waals surface area contributed by atoms with Crippen LogP contribution in [0, 0.1) is 11.3 Å². The summed E-state index contributed by atoms with van der Waals surface area (Å²) < 4.78 is 5.60. The molecule has 0 unspecified atom stereocenters. The highest BCUT2D eigenvalue weighted by molar-refractivity contribution is 5.57. The zero-order valence-electron chi connectivity index (χ0n) is 10.4. The van der Waals surface area contributed by atoms with Crippen molar-refractivity contribution in [3.63, 3.8) is 0 Å². The summed E-state index contributed by atoms with van der Waals surface area (Å²) in [6.45, 7) is 0. The van der Waals surface area contributed by atoms with Crippen molar-refractivity contribution in [2.45, 2.75) is 0 Å². The second-order valence-corrected chi connectivity index (χ2v) is 4.09. The molecule has 5 heteroatoms. The van der Waals surface area contributed by atoms with Crippen LogP contribution in [-0.2, 0) is 0 Å². The van der Waals surface area contributed by atoms with Gasteiger partial charge >= 0.3 is 0 Å². The lowest BCUT2D eigenvalue weighted by molar-refractivity contribution is 0.463.